The van der Waals surface area contributed by atoms with Crippen LogP contribution in [0.5, 0.6) is 0 Å². The minimum Gasteiger partial charge on any atom is -0.325 e. The van der Waals surface area contributed by atoms with Crippen molar-refractivity contribution in [2.45, 2.75) is 19.4 Å². The fourth-order valence-corrected chi connectivity index (χ4v) is 2.20. The van der Waals surface area contributed by atoms with Crippen molar-refractivity contribution in [2.75, 3.05) is 5.88 Å². The van der Waals surface area contributed by atoms with Gasteiger partial charge in [0.25, 0.3) is 0 Å². The lowest BCUT2D eigenvalue weighted by Crippen LogP contribution is -2.08. The molecule has 1 aromatic heterocycles. The van der Waals surface area contributed by atoms with E-state index >= 15 is 0 Å². The molecule has 2 aromatic rings. The van der Waals surface area contributed by atoms with Crippen LogP contribution in [0.2, 0.25) is 0 Å². The predicted octanol–water partition coefficient (Wildman–Crippen LogP) is 3.10. The van der Waals surface area contributed by atoms with Gasteiger partial charge in [0.15, 0.2) is 0 Å². The van der Waals surface area contributed by atoms with E-state index in [1.165, 1.54) is 0 Å². The molecule has 1 heterocycles. The van der Waals surface area contributed by atoms with Crippen LogP contribution in [0, 0.1) is 11.3 Å². The van der Waals surface area contributed by atoms with E-state index in [1.54, 1.807) is 6.33 Å². The average Bonchev–Trinajstić information content (AvgIpc) is 2.75. The number of hydrogen-bond acceptors (Lipinski definition) is 2. The Hall–Kier alpha value is -1.53. The molecule has 1 atom stereocenters. The van der Waals surface area contributed by atoms with Gasteiger partial charge in [0.2, 0.25) is 0 Å². The molecule has 4 heteroatoms. The highest BCUT2D eigenvalue weighted by molar-refractivity contribution is 6.18. The maximum Gasteiger partial charge on any atom is 0.101 e. The van der Waals surface area contributed by atoms with Crippen LogP contribution in [0.3, 0.4) is 0 Å². The highest BCUT2D eigenvalue weighted by Crippen LogP contribution is 2.23. The van der Waals surface area contributed by atoms with Gasteiger partial charge in [-0.15, -0.1) is 11.6 Å². The summed E-state index contributed by atoms with van der Waals surface area (Å²) in [5.41, 5.74) is 2.39. The number of rotatable bonds is 3. The maximum absolute atomic E-state index is 9.08. The summed E-state index contributed by atoms with van der Waals surface area (Å²) in [5.74, 6) is 0.529. The van der Waals surface area contributed by atoms with E-state index in [0.29, 0.717) is 11.4 Å². The van der Waals surface area contributed by atoms with Crippen LogP contribution in [-0.4, -0.2) is 15.4 Å². The molecule has 0 amide bonds. The normalized spacial score (nSPS) is 12.6. The summed E-state index contributed by atoms with van der Waals surface area (Å²) in [5, 5.41) is 9.08. The Kier molecular flexibility index (Phi) is 3.12. The van der Waals surface area contributed by atoms with Gasteiger partial charge >= 0.3 is 0 Å². The van der Waals surface area contributed by atoms with Crippen LogP contribution in [0.1, 0.15) is 24.9 Å². The van der Waals surface area contributed by atoms with Crippen LogP contribution < -0.4 is 0 Å². The summed E-state index contributed by atoms with van der Waals surface area (Å²) in [6.07, 6.45) is 2.69. The molecule has 0 spiro atoms. The zero-order valence-corrected chi connectivity index (χ0v) is 9.78. The van der Waals surface area contributed by atoms with Crippen molar-refractivity contribution in [1.82, 2.24) is 9.55 Å². The van der Waals surface area contributed by atoms with Gasteiger partial charge in [-0.25, -0.2) is 4.98 Å². The summed E-state index contributed by atoms with van der Waals surface area (Å²) < 4.78 is 2.00. The molecule has 2 rings (SSSR count). The highest BCUT2D eigenvalue weighted by Gasteiger charge is 2.13. The Morgan fingerprint density at radius 1 is 1.56 bits per heavy atom. The molecule has 1 aromatic carbocycles. The van der Waals surface area contributed by atoms with E-state index in [1.807, 2.05) is 22.8 Å². The van der Waals surface area contributed by atoms with Gasteiger partial charge in [0.05, 0.1) is 22.9 Å². The first-order valence-electron chi connectivity index (χ1n) is 5.23. The summed E-state index contributed by atoms with van der Waals surface area (Å²) in [6.45, 7) is 2.08. The topological polar surface area (TPSA) is 41.6 Å². The lowest BCUT2D eigenvalue weighted by Gasteiger charge is -2.14. The van der Waals surface area contributed by atoms with Crippen LogP contribution in [0.25, 0.3) is 11.0 Å². The van der Waals surface area contributed by atoms with E-state index in [9.17, 15) is 0 Å². The fraction of sp³-hybridized carbons (Fsp3) is 0.333. The lowest BCUT2D eigenvalue weighted by atomic mass is 10.1. The van der Waals surface area contributed by atoms with Crippen molar-refractivity contribution in [3.05, 3.63) is 30.1 Å². The van der Waals surface area contributed by atoms with Gasteiger partial charge < -0.3 is 4.57 Å². The number of imidazole rings is 1. The van der Waals surface area contributed by atoms with Gasteiger partial charge in [-0.3, -0.25) is 0 Å². The van der Waals surface area contributed by atoms with E-state index in [2.05, 4.69) is 18.0 Å². The number of fused-ring (bicyclic) bond motifs is 1. The third kappa shape index (κ3) is 1.66. The molecular formula is C12H12ClN3. The molecule has 0 fully saturated rings. The van der Waals surface area contributed by atoms with Crippen molar-refractivity contribution in [1.29, 1.82) is 5.26 Å². The zero-order chi connectivity index (χ0) is 11.5. The van der Waals surface area contributed by atoms with E-state index in [-0.39, 0.29) is 6.04 Å². The average molecular weight is 234 g/mol. The first kappa shape index (κ1) is 11.0. The largest absolute Gasteiger partial charge is 0.325 e. The number of alkyl halides is 1. The molecule has 1 unspecified atom stereocenters. The second kappa shape index (κ2) is 4.54. The Morgan fingerprint density at radius 2 is 2.38 bits per heavy atom. The molecule has 3 nitrogen and oxygen atoms in total. The number of nitrogens with zero attached hydrogens (tertiary/aromatic N) is 3. The molecule has 0 saturated carbocycles. The van der Waals surface area contributed by atoms with Gasteiger partial charge in [0.1, 0.15) is 6.07 Å². The Bertz CT molecular complexity index is 535. The number of aromatic nitrogens is 2. The smallest absolute Gasteiger partial charge is 0.101 e. The Labute approximate surface area is 99.3 Å². The standard InChI is InChI=1S/C12H12ClN3/c1-2-10(6-13)16-8-15-11-5-3-4-9(7-14)12(11)16/h3-5,8,10H,2,6H2,1H3. The number of halogens is 1. The molecule has 0 N–H and O–H groups in total. The summed E-state index contributed by atoms with van der Waals surface area (Å²) >= 11 is 5.92. The Balaban J connectivity index is 2.67. The molecule has 0 aliphatic carbocycles. The zero-order valence-electron chi connectivity index (χ0n) is 9.02. The third-order valence-corrected chi connectivity index (χ3v) is 3.11. The minimum atomic E-state index is 0.196. The summed E-state index contributed by atoms with van der Waals surface area (Å²) in [6, 6.07) is 7.96. The molecule has 0 bridgehead atoms. The SMILES string of the molecule is CCC(CCl)n1cnc2cccc(C#N)c21. The molecule has 0 aliphatic rings. The van der Waals surface area contributed by atoms with Crippen molar-refractivity contribution in [2.24, 2.45) is 0 Å². The fourth-order valence-electron chi connectivity index (χ4n) is 1.84. The van der Waals surface area contributed by atoms with Gasteiger partial charge in [-0.1, -0.05) is 13.0 Å². The Morgan fingerprint density at radius 3 is 3.00 bits per heavy atom. The number of hydrogen-bond donors (Lipinski definition) is 0. The van der Waals surface area contributed by atoms with Gasteiger partial charge in [-0.05, 0) is 18.6 Å². The maximum atomic E-state index is 9.08. The number of nitriles is 1. The van der Waals surface area contributed by atoms with Crippen LogP contribution in [0.4, 0.5) is 0 Å². The molecule has 16 heavy (non-hydrogen) atoms. The number of para-hydroxylation sites is 1. The molecule has 82 valence electrons. The lowest BCUT2D eigenvalue weighted by molar-refractivity contribution is 0.550. The monoisotopic (exact) mass is 233 g/mol. The first-order valence-corrected chi connectivity index (χ1v) is 5.76. The quantitative estimate of drug-likeness (QED) is 0.765. The highest BCUT2D eigenvalue weighted by atomic mass is 35.5. The molecule has 0 saturated heterocycles. The van der Waals surface area contributed by atoms with Crippen LogP contribution in [-0.2, 0) is 0 Å². The molecule has 0 aliphatic heterocycles. The van der Waals surface area contributed by atoms with Crippen molar-refractivity contribution >= 4 is 22.6 Å². The van der Waals surface area contributed by atoms with E-state index < -0.39 is 0 Å². The third-order valence-electron chi connectivity index (χ3n) is 2.76. The molecule has 0 radical (unpaired) electrons. The first-order chi connectivity index (χ1) is 7.81. The molecular weight excluding hydrogens is 222 g/mol. The van der Waals surface area contributed by atoms with E-state index in [0.717, 1.165) is 17.5 Å². The van der Waals surface area contributed by atoms with E-state index in [4.69, 9.17) is 16.9 Å². The van der Waals surface area contributed by atoms with Crippen molar-refractivity contribution in [3.63, 3.8) is 0 Å². The summed E-state index contributed by atoms with van der Waals surface area (Å²) in [4.78, 5) is 4.30. The second-order valence-electron chi connectivity index (χ2n) is 3.65. The van der Waals surface area contributed by atoms with Crippen LogP contribution in [0.15, 0.2) is 24.5 Å². The minimum absolute atomic E-state index is 0.196. The second-order valence-corrected chi connectivity index (χ2v) is 3.96. The van der Waals surface area contributed by atoms with Crippen molar-refractivity contribution in [3.8, 4) is 6.07 Å². The van der Waals surface area contributed by atoms with Crippen molar-refractivity contribution < 1.29 is 0 Å². The van der Waals surface area contributed by atoms with Crippen LogP contribution >= 0.6 is 11.6 Å². The predicted molar refractivity (Wildman–Crippen MR) is 64.5 cm³/mol. The van der Waals surface area contributed by atoms with Gasteiger partial charge in [0, 0.05) is 11.9 Å². The summed E-state index contributed by atoms with van der Waals surface area (Å²) in [7, 11) is 0. The van der Waals surface area contributed by atoms with Gasteiger partial charge in [-0.2, -0.15) is 5.26 Å². The number of benzene rings is 1.